The molecule has 1 N–H and O–H groups in total. The van der Waals surface area contributed by atoms with E-state index in [0.29, 0.717) is 0 Å². The van der Waals surface area contributed by atoms with Gasteiger partial charge in [0.1, 0.15) is 5.70 Å². The zero-order valence-electron chi connectivity index (χ0n) is 10.5. The van der Waals surface area contributed by atoms with Crippen LogP contribution in [-0.4, -0.2) is 24.5 Å². The highest BCUT2D eigenvalue weighted by molar-refractivity contribution is 5.91. The fourth-order valence-corrected chi connectivity index (χ4v) is 1.32. The molecule has 1 aromatic carbocycles. The van der Waals surface area contributed by atoms with Crippen molar-refractivity contribution in [1.29, 1.82) is 0 Å². The molecule has 0 saturated heterocycles. The van der Waals surface area contributed by atoms with Gasteiger partial charge in [-0.3, -0.25) is 0 Å². The van der Waals surface area contributed by atoms with E-state index in [0.717, 1.165) is 31.4 Å². The summed E-state index contributed by atoms with van der Waals surface area (Å²) in [6, 6.07) is 3.21. The number of azide groups is 1. The molecule has 10 heteroatoms. The maximum atomic E-state index is 12.2. The Morgan fingerprint density at radius 3 is 2.57 bits per heavy atom. The fraction of sp³-hybridized carbons (Fsp3) is 0.182. The second kappa shape index (κ2) is 6.53. The molecule has 0 atom stereocenters. The number of methoxy groups -OCH3 is 1. The van der Waals surface area contributed by atoms with Gasteiger partial charge in [0, 0.05) is 4.91 Å². The van der Waals surface area contributed by atoms with Gasteiger partial charge in [-0.15, -0.1) is 13.2 Å². The maximum absolute atomic E-state index is 12.2. The van der Waals surface area contributed by atoms with Gasteiger partial charge in [0.25, 0.3) is 0 Å². The highest BCUT2D eigenvalue weighted by Gasteiger charge is 2.32. The summed E-state index contributed by atoms with van der Waals surface area (Å²) in [5, 5.41) is 11.7. The van der Waals surface area contributed by atoms with Gasteiger partial charge in [-0.25, -0.2) is 4.79 Å². The topological polar surface area (TPSA) is 105 Å². The molecule has 0 aliphatic heterocycles. The molecule has 112 valence electrons. The zero-order valence-corrected chi connectivity index (χ0v) is 10.5. The number of carboxylic acid groups (broad SMARTS) is 1. The van der Waals surface area contributed by atoms with Crippen molar-refractivity contribution in [3.63, 3.8) is 0 Å². The molecule has 0 radical (unpaired) electrons. The first-order valence-corrected chi connectivity index (χ1v) is 5.20. The Hall–Kier alpha value is -2.87. The quantitative estimate of drug-likeness (QED) is 0.390. The lowest BCUT2D eigenvalue weighted by atomic mass is 10.1. The molecule has 0 aromatic heterocycles. The molecule has 0 heterocycles. The van der Waals surface area contributed by atoms with Crippen LogP contribution in [0.25, 0.3) is 16.5 Å². The third-order valence-electron chi connectivity index (χ3n) is 2.09. The Labute approximate surface area is 115 Å². The first-order valence-electron chi connectivity index (χ1n) is 5.20. The lowest BCUT2D eigenvalue weighted by Gasteiger charge is -2.12. The van der Waals surface area contributed by atoms with E-state index in [1.807, 2.05) is 0 Å². The lowest BCUT2D eigenvalue weighted by Crippen LogP contribution is -2.17. The minimum atomic E-state index is -4.89. The van der Waals surface area contributed by atoms with Crippen molar-refractivity contribution in [2.24, 2.45) is 5.11 Å². The summed E-state index contributed by atoms with van der Waals surface area (Å²) in [4.78, 5) is 13.1. The summed E-state index contributed by atoms with van der Waals surface area (Å²) in [6.45, 7) is 0. The number of nitrogens with zero attached hydrogens (tertiary/aromatic N) is 3. The predicted octanol–water partition coefficient (Wildman–Crippen LogP) is 3.33. The van der Waals surface area contributed by atoms with Crippen molar-refractivity contribution in [2.45, 2.75) is 6.36 Å². The van der Waals surface area contributed by atoms with Gasteiger partial charge in [0.05, 0.1) is 7.11 Å². The number of alkyl halides is 3. The number of hydrogen-bond acceptors (Lipinski definition) is 4. The van der Waals surface area contributed by atoms with Crippen molar-refractivity contribution in [3.05, 3.63) is 39.9 Å². The number of hydrogen-bond donors (Lipinski definition) is 1. The average Bonchev–Trinajstić information content (AvgIpc) is 2.38. The summed E-state index contributed by atoms with van der Waals surface area (Å²) in [5.74, 6) is -2.32. The van der Waals surface area contributed by atoms with Crippen LogP contribution >= 0.6 is 0 Å². The van der Waals surface area contributed by atoms with Gasteiger partial charge < -0.3 is 14.6 Å². The molecule has 21 heavy (non-hydrogen) atoms. The second-order valence-electron chi connectivity index (χ2n) is 3.48. The van der Waals surface area contributed by atoms with E-state index in [2.05, 4.69) is 14.8 Å². The minimum absolute atomic E-state index is 0.158. The normalized spacial score (nSPS) is 11.5. The van der Waals surface area contributed by atoms with Gasteiger partial charge in [-0.05, 0) is 29.3 Å². The number of carbonyl (C=O) groups is 1. The molecule has 0 fully saturated rings. The van der Waals surface area contributed by atoms with Crippen molar-refractivity contribution in [1.82, 2.24) is 0 Å². The van der Waals surface area contributed by atoms with E-state index in [-0.39, 0.29) is 11.3 Å². The number of carboxylic acids is 1. The summed E-state index contributed by atoms with van der Waals surface area (Å²) in [6.07, 6.45) is -3.91. The Balaban J connectivity index is 3.21. The molecule has 0 bridgehead atoms. The van der Waals surface area contributed by atoms with E-state index in [9.17, 15) is 18.0 Å². The SMILES string of the molecule is COc1cc(C=C(N=[N+]=[N-])C(=O)O)ccc1OC(F)(F)F. The third-order valence-corrected chi connectivity index (χ3v) is 2.09. The van der Waals surface area contributed by atoms with Crippen LogP contribution in [-0.2, 0) is 4.79 Å². The van der Waals surface area contributed by atoms with E-state index in [4.69, 9.17) is 15.4 Å². The van der Waals surface area contributed by atoms with E-state index in [1.54, 1.807) is 0 Å². The highest BCUT2D eigenvalue weighted by atomic mass is 19.4. The zero-order chi connectivity index (χ0) is 16.0. The second-order valence-corrected chi connectivity index (χ2v) is 3.48. The molecule has 7 nitrogen and oxygen atoms in total. The molecular formula is C11H8F3N3O4. The third kappa shape index (κ3) is 4.96. The van der Waals surface area contributed by atoms with Crippen LogP contribution in [0.4, 0.5) is 13.2 Å². The summed E-state index contributed by atoms with van der Waals surface area (Å²) in [5.41, 5.74) is 7.76. The molecular weight excluding hydrogens is 295 g/mol. The molecule has 0 spiro atoms. The van der Waals surface area contributed by atoms with Gasteiger partial charge in [-0.2, -0.15) is 0 Å². The van der Waals surface area contributed by atoms with Crippen LogP contribution < -0.4 is 9.47 Å². The van der Waals surface area contributed by atoms with Crippen molar-refractivity contribution in [3.8, 4) is 11.5 Å². The summed E-state index contributed by atoms with van der Waals surface area (Å²) in [7, 11) is 1.12. The van der Waals surface area contributed by atoms with Crippen LogP contribution in [0, 0.1) is 0 Å². The molecule has 1 rings (SSSR count). The summed E-state index contributed by atoms with van der Waals surface area (Å²) < 4.78 is 44.9. The predicted molar refractivity (Wildman–Crippen MR) is 64.4 cm³/mol. The van der Waals surface area contributed by atoms with Crippen LogP contribution in [0.2, 0.25) is 0 Å². The van der Waals surface area contributed by atoms with Gasteiger partial charge >= 0.3 is 12.3 Å². The smallest absolute Gasteiger partial charge is 0.493 e. The molecule has 1 aromatic rings. The standard InChI is InChI=1S/C11H8F3N3O4/c1-20-9-5-6(4-7(10(18)19)16-17-15)2-3-8(9)21-11(12,13)14/h2-5H,1H3,(H,18,19). The van der Waals surface area contributed by atoms with Crippen LogP contribution in [0.15, 0.2) is 29.0 Å². The minimum Gasteiger partial charge on any atom is -0.493 e. The van der Waals surface area contributed by atoms with Crippen LogP contribution in [0.5, 0.6) is 11.5 Å². The summed E-state index contributed by atoms with van der Waals surface area (Å²) >= 11 is 0. The Bertz CT molecular complexity index is 618. The highest BCUT2D eigenvalue weighted by Crippen LogP contribution is 2.33. The Kier molecular flexibility index (Phi) is 5.03. The van der Waals surface area contributed by atoms with Gasteiger partial charge in [0.15, 0.2) is 11.5 Å². The lowest BCUT2D eigenvalue weighted by molar-refractivity contribution is -0.275. The first-order chi connectivity index (χ1) is 9.76. The number of halogens is 3. The van der Waals surface area contributed by atoms with E-state index < -0.39 is 23.8 Å². The Morgan fingerprint density at radius 1 is 1.43 bits per heavy atom. The van der Waals surface area contributed by atoms with Crippen LogP contribution in [0.3, 0.4) is 0 Å². The number of rotatable bonds is 5. The number of ether oxygens (including phenoxy) is 2. The van der Waals surface area contributed by atoms with E-state index in [1.165, 1.54) is 0 Å². The number of aliphatic carboxylic acids is 1. The van der Waals surface area contributed by atoms with Crippen molar-refractivity contribution < 1.29 is 32.5 Å². The van der Waals surface area contributed by atoms with Gasteiger partial charge in [0.2, 0.25) is 0 Å². The molecule has 0 aliphatic rings. The maximum Gasteiger partial charge on any atom is 0.573 e. The Morgan fingerprint density at radius 2 is 2.10 bits per heavy atom. The molecule has 0 amide bonds. The molecule has 0 aliphatic carbocycles. The first kappa shape index (κ1) is 16.2. The number of benzene rings is 1. The van der Waals surface area contributed by atoms with Crippen molar-refractivity contribution in [2.75, 3.05) is 7.11 Å². The average molecular weight is 303 g/mol. The van der Waals surface area contributed by atoms with Gasteiger partial charge in [-0.1, -0.05) is 11.2 Å². The molecule has 0 unspecified atom stereocenters. The largest absolute Gasteiger partial charge is 0.573 e. The van der Waals surface area contributed by atoms with E-state index >= 15 is 0 Å². The fourth-order valence-electron chi connectivity index (χ4n) is 1.32. The van der Waals surface area contributed by atoms with Crippen LogP contribution in [0.1, 0.15) is 5.56 Å². The van der Waals surface area contributed by atoms with Crippen molar-refractivity contribution >= 4 is 12.0 Å². The monoisotopic (exact) mass is 303 g/mol. The molecule has 0 saturated carbocycles.